The number of rotatable bonds is 4. The van der Waals surface area contributed by atoms with Gasteiger partial charge in [0.15, 0.2) is 0 Å². The van der Waals surface area contributed by atoms with Crippen LogP contribution in [0, 0.1) is 0 Å². The molecule has 1 aromatic carbocycles. The van der Waals surface area contributed by atoms with Crippen LogP contribution in [-0.2, 0) is 0 Å². The molecule has 1 heterocycles. The zero-order chi connectivity index (χ0) is 12.3. The van der Waals surface area contributed by atoms with Crippen molar-refractivity contribution in [2.45, 2.75) is 19.4 Å². The van der Waals surface area contributed by atoms with Crippen LogP contribution >= 0.6 is 0 Å². The molecular formula is C13H18N4. The number of anilines is 1. The predicted octanol–water partition coefficient (Wildman–Crippen LogP) is 1.80. The molecule has 90 valence electrons. The SMILES string of the molecule is CCC(N)CN(C)c1cnnc2ccccc12. The van der Waals surface area contributed by atoms with Gasteiger partial charge in [-0.15, -0.1) is 0 Å². The summed E-state index contributed by atoms with van der Waals surface area (Å²) in [4.78, 5) is 2.14. The molecule has 1 unspecified atom stereocenters. The number of likely N-dealkylation sites (N-methyl/N-ethyl adjacent to an activating group) is 1. The zero-order valence-electron chi connectivity index (χ0n) is 10.3. The summed E-state index contributed by atoms with van der Waals surface area (Å²) in [6, 6.07) is 8.21. The molecule has 2 rings (SSSR count). The number of hydrogen-bond donors (Lipinski definition) is 1. The zero-order valence-corrected chi connectivity index (χ0v) is 10.3. The van der Waals surface area contributed by atoms with Gasteiger partial charge in [0.25, 0.3) is 0 Å². The number of nitrogens with two attached hydrogens (primary N) is 1. The van der Waals surface area contributed by atoms with E-state index in [1.54, 1.807) is 6.20 Å². The van der Waals surface area contributed by atoms with Crippen LogP contribution in [0.3, 0.4) is 0 Å². The molecule has 0 aliphatic heterocycles. The van der Waals surface area contributed by atoms with Gasteiger partial charge < -0.3 is 10.6 Å². The molecule has 0 spiro atoms. The normalized spacial score (nSPS) is 12.6. The lowest BCUT2D eigenvalue weighted by atomic mass is 10.1. The smallest absolute Gasteiger partial charge is 0.0950 e. The van der Waals surface area contributed by atoms with Crippen LogP contribution in [0.2, 0.25) is 0 Å². The highest BCUT2D eigenvalue weighted by atomic mass is 15.2. The van der Waals surface area contributed by atoms with Crippen LogP contribution in [0.25, 0.3) is 10.9 Å². The first-order valence-electron chi connectivity index (χ1n) is 5.89. The standard InChI is InChI=1S/C13H18N4/c1-3-10(14)9-17(2)13-8-15-16-12-7-5-4-6-11(12)13/h4-8,10H,3,9,14H2,1-2H3. The van der Waals surface area contributed by atoms with Crippen LogP contribution < -0.4 is 10.6 Å². The van der Waals surface area contributed by atoms with Crippen molar-refractivity contribution in [1.29, 1.82) is 0 Å². The lowest BCUT2D eigenvalue weighted by Crippen LogP contribution is -2.34. The van der Waals surface area contributed by atoms with E-state index < -0.39 is 0 Å². The van der Waals surface area contributed by atoms with Gasteiger partial charge in [-0.05, 0) is 12.5 Å². The highest BCUT2D eigenvalue weighted by Crippen LogP contribution is 2.22. The van der Waals surface area contributed by atoms with Gasteiger partial charge in [0.05, 0.1) is 17.4 Å². The Balaban J connectivity index is 2.34. The number of fused-ring (bicyclic) bond motifs is 1. The fraction of sp³-hybridized carbons (Fsp3) is 0.385. The number of benzene rings is 1. The third-order valence-corrected chi connectivity index (χ3v) is 2.97. The molecule has 0 saturated carbocycles. The number of nitrogens with zero attached hydrogens (tertiary/aromatic N) is 3. The van der Waals surface area contributed by atoms with E-state index in [-0.39, 0.29) is 6.04 Å². The summed E-state index contributed by atoms with van der Waals surface area (Å²) in [5, 5.41) is 9.27. The summed E-state index contributed by atoms with van der Waals surface area (Å²) in [6.07, 6.45) is 2.77. The Labute approximate surface area is 101 Å². The van der Waals surface area contributed by atoms with Crippen molar-refractivity contribution in [3.63, 3.8) is 0 Å². The first-order chi connectivity index (χ1) is 8.22. The maximum absolute atomic E-state index is 5.98. The second kappa shape index (κ2) is 5.10. The Morgan fingerprint density at radius 3 is 2.88 bits per heavy atom. The largest absolute Gasteiger partial charge is 0.371 e. The molecular weight excluding hydrogens is 212 g/mol. The molecule has 0 aliphatic rings. The van der Waals surface area contributed by atoms with E-state index in [0.29, 0.717) is 0 Å². The van der Waals surface area contributed by atoms with Gasteiger partial charge in [0.1, 0.15) is 0 Å². The van der Waals surface area contributed by atoms with Crippen LogP contribution in [0.4, 0.5) is 5.69 Å². The van der Waals surface area contributed by atoms with Crippen molar-refractivity contribution in [3.05, 3.63) is 30.5 Å². The van der Waals surface area contributed by atoms with Crippen molar-refractivity contribution >= 4 is 16.6 Å². The molecule has 2 N–H and O–H groups in total. The molecule has 1 atom stereocenters. The minimum Gasteiger partial charge on any atom is -0.371 e. The van der Waals surface area contributed by atoms with Gasteiger partial charge in [-0.1, -0.05) is 25.1 Å². The fourth-order valence-electron chi connectivity index (χ4n) is 1.88. The van der Waals surface area contributed by atoms with Gasteiger partial charge >= 0.3 is 0 Å². The van der Waals surface area contributed by atoms with E-state index in [2.05, 4.69) is 28.1 Å². The van der Waals surface area contributed by atoms with Crippen molar-refractivity contribution < 1.29 is 0 Å². The Kier molecular flexibility index (Phi) is 3.54. The third-order valence-electron chi connectivity index (χ3n) is 2.97. The maximum atomic E-state index is 5.98. The second-order valence-electron chi connectivity index (χ2n) is 4.30. The van der Waals surface area contributed by atoms with Crippen molar-refractivity contribution in [2.24, 2.45) is 5.73 Å². The number of aromatic nitrogens is 2. The predicted molar refractivity (Wildman–Crippen MR) is 71.1 cm³/mol. The molecule has 0 aliphatic carbocycles. The van der Waals surface area contributed by atoms with Gasteiger partial charge in [0, 0.05) is 25.0 Å². The van der Waals surface area contributed by atoms with E-state index in [1.165, 1.54) is 0 Å². The molecule has 4 heteroatoms. The van der Waals surface area contributed by atoms with Crippen molar-refractivity contribution in [3.8, 4) is 0 Å². The first-order valence-corrected chi connectivity index (χ1v) is 5.89. The molecule has 1 aromatic heterocycles. The van der Waals surface area contributed by atoms with E-state index >= 15 is 0 Å². The Morgan fingerprint density at radius 2 is 2.12 bits per heavy atom. The van der Waals surface area contributed by atoms with E-state index in [0.717, 1.165) is 29.6 Å². The van der Waals surface area contributed by atoms with Gasteiger partial charge in [-0.3, -0.25) is 0 Å². The summed E-state index contributed by atoms with van der Waals surface area (Å²) >= 11 is 0. The first kappa shape index (κ1) is 11.8. The van der Waals surface area contributed by atoms with Crippen LogP contribution in [0.5, 0.6) is 0 Å². The van der Waals surface area contributed by atoms with E-state index in [1.807, 2.05) is 25.2 Å². The van der Waals surface area contributed by atoms with Gasteiger partial charge in [-0.2, -0.15) is 10.2 Å². The average Bonchev–Trinajstić information content (AvgIpc) is 2.37. The summed E-state index contributed by atoms with van der Waals surface area (Å²) in [5.41, 5.74) is 7.98. The highest BCUT2D eigenvalue weighted by Gasteiger charge is 2.09. The monoisotopic (exact) mass is 230 g/mol. The van der Waals surface area contributed by atoms with E-state index in [9.17, 15) is 0 Å². The van der Waals surface area contributed by atoms with Gasteiger partial charge in [-0.25, -0.2) is 0 Å². The molecule has 0 saturated heterocycles. The summed E-state index contributed by atoms with van der Waals surface area (Å²) in [6.45, 7) is 2.92. The minimum absolute atomic E-state index is 0.187. The van der Waals surface area contributed by atoms with Gasteiger partial charge in [0.2, 0.25) is 0 Å². The lowest BCUT2D eigenvalue weighted by Gasteiger charge is -2.23. The maximum Gasteiger partial charge on any atom is 0.0950 e. The second-order valence-corrected chi connectivity index (χ2v) is 4.30. The minimum atomic E-state index is 0.187. The topological polar surface area (TPSA) is 55.0 Å². The third kappa shape index (κ3) is 2.53. The highest BCUT2D eigenvalue weighted by molar-refractivity contribution is 5.90. The molecule has 0 fully saturated rings. The summed E-state index contributed by atoms with van der Waals surface area (Å²) in [5.74, 6) is 0. The average molecular weight is 230 g/mol. The molecule has 2 aromatic rings. The van der Waals surface area contributed by atoms with E-state index in [4.69, 9.17) is 5.73 Å². The van der Waals surface area contributed by atoms with Crippen molar-refractivity contribution in [1.82, 2.24) is 10.2 Å². The molecule has 17 heavy (non-hydrogen) atoms. The van der Waals surface area contributed by atoms with Crippen LogP contribution in [-0.4, -0.2) is 29.8 Å². The Bertz CT molecular complexity index is 492. The quantitative estimate of drug-likeness (QED) is 0.870. The van der Waals surface area contributed by atoms with Crippen LogP contribution in [0.15, 0.2) is 30.5 Å². The lowest BCUT2D eigenvalue weighted by molar-refractivity contribution is 0.639. The Morgan fingerprint density at radius 1 is 1.35 bits per heavy atom. The number of hydrogen-bond acceptors (Lipinski definition) is 4. The molecule has 0 radical (unpaired) electrons. The summed E-state index contributed by atoms with van der Waals surface area (Å²) in [7, 11) is 2.04. The molecule has 0 bridgehead atoms. The van der Waals surface area contributed by atoms with Crippen LogP contribution in [0.1, 0.15) is 13.3 Å². The Hall–Kier alpha value is -1.68. The molecule has 0 amide bonds. The summed E-state index contributed by atoms with van der Waals surface area (Å²) < 4.78 is 0. The van der Waals surface area contributed by atoms with Crippen molar-refractivity contribution in [2.75, 3.05) is 18.5 Å². The fourth-order valence-corrected chi connectivity index (χ4v) is 1.88. The molecule has 4 nitrogen and oxygen atoms in total.